The summed E-state index contributed by atoms with van der Waals surface area (Å²) in [5, 5.41) is 2.94. The largest absolute Gasteiger partial charge is 0.348 e. The number of nitrogens with two attached hydrogens (primary N) is 1. The predicted molar refractivity (Wildman–Crippen MR) is 78.9 cm³/mol. The Hall–Kier alpha value is -2.20. The predicted octanol–water partition coefficient (Wildman–Crippen LogP) is 1.83. The lowest BCUT2D eigenvalue weighted by molar-refractivity contribution is -0.123. The highest BCUT2D eigenvalue weighted by molar-refractivity contribution is 5.82. The lowest BCUT2D eigenvalue weighted by Gasteiger charge is -2.18. The topological polar surface area (TPSA) is 68.0 Å². The van der Waals surface area contributed by atoms with E-state index in [0.29, 0.717) is 6.42 Å². The van der Waals surface area contributed by atoms with Gasteiger partial charge in [0.05, 0.1) is 12.1 Å². The maximum atomic E-state index is 12.1. The summed E-state index contributed by atoms with van der Waals surface area (Å²) in [6.45, 7) is 1.95. The van der Waals surface area contributed by atoms with E-state index in [4.69, 9.17) is 5.73 Å². The molecule has 0 aliphatic carbocycles. The highest BCUT2D eigenvalue weighted by atomic mass is 16.2. The average Bonchev–Trinajstić information content (AvgIpc) is 2.49. The van der Waals surface area contributed by atoms with Crippen LogP contribution in [0.3, 0.4) is 0 Å². The molecular formula is C16H19N3O. The Morgan fingerprint density at radius 3 is 2.50 bits per heavy atom. The van der Waals surface area contributed by atoms with E-state index in [2.05, 4.69) is 10.3 Å². The third-order valence-electron chi connectivity index (χ3n) is 3.20. The van der Waals surface area contributed by atoms with E-state index in [0.717, 1.165) is 11.1 Å². The number of hydrogen-bond acceptors (Lipinski definition) is 3. The Kier molecular flexibility index (Phi) is 4.85. The van der Waals surface area contributed by atoms with Crippen molar-refractivity contribution in [1.29, 1.82) is 0 Å². The number of benzene rings is 1. The molecule has 104 valence electrons. The van der Waals surface area contributed by atoms with E-state index in [9.17, 15) is 4.79 Å². The number of aromatic nitrogens is 1. The molecule has 2 rings (SSSR count). The number of hydrogen-bond donors (Lipinski definition) is 2. The van der Waals surface area contributed by atoms with Gasteiger partial charge < -0.3 is 11.1 Å². The highest BCUT2D eigenvalue weighted by Gasteiger charge is 2.16. The SMILES string of the molecule is C[C@H](NC(=O)[C@@H](N)Cc1ccncc1)c1ccccc1. The molecule has 0 bridgehead atoms. The second kappa shape index (κ2) is 6.82. The zero-order valence-electron chi connectivity index (χ0n) is 11.5. The average molecular weight is 269 g/mol. The standard InChI is InChI=1S/C16H19N3O/c1-12(14-5-3-2-4-6-14)19-16(20)15(17)11-13-7-9-18-10-8-13/h2-10,12,15H,11,17H2,1H3,(H,19,20)/t12-,15-/m0/s1. The zero-order chi connectivity index (χ0) is 14.4. The Bertz CT molecular complexity index is 542. The Morgan fingerprint density at radius 2 is 1.85 bits per heavy atom. The van der Waals surface area contributed by atoms with E-state index in [1.807, 2.05) is 49.4 Å². The first-order valence-corrected chi connectivity index (χ1v) is 6.66. The van der Waals surface area contributed by atoms with Crippen molar-refractivity contribution in [1.82, 2.24) is 10.3 Å². The minimum atomic E-state index is -0.552. The molecule has 0 radical (unpaired) electrons. The molecule has 0 spiro atoms. The van der Waals surface area contributed by atoms with E-state index >= 15 is 0 Å². The number of amides is 1. The van der Waals surface area contributed by atoms with E-state index in [-0.39, 0.29) is 11.9 Å². The first-order chi connectivity index (χ1) is 9.66. The molecule has 0 saturated carbocycles. The van der Waals surface area contributed by atoms with Crippen LogP contribution >= 0.6 is 0 Å². The molecule has 3 N–H and O–H groups in total. The Balaban J connectivity index is 1.91. The first-order valence-electron chi connectivity index (χ1n) is 6.66. The molecule has 1 aromatic heterocycles. The van der Waals surface area contributed by atoms with Gasteiger partial charge in [-0.1, -0.05) is 30.3 Å². The fraction of sp³-hybridized carbons (Fsp3) is 0.250. The van der Waals surface area contributed by atoms with Crippen molar-refractivity contribution in [2.24, 2.45) is 5.73 Å². The van der Waals surface area contributed by atoms with Crippen LogP contribution in [0.5, 0.6) is 0 Å². The van der Waals surface area contributed by atoms with Crippen LogP contribution in [0, 0.1) is 0 Å². The van der Waals surface area contributed by atoms with Crippen LogP contribution in [-0.4, -0.2) is 16.9 Å². The van der Waals surface area contributed by atoms with Crippen molar-refractivity contribution < 1.29 is 4.79 Å². The van der Waals surface area contributed by atoms with Crippen molar-refractivity contribution >= 4 is 5.91 Å². The van der Waals surface area contributed by atoms with Crippen LogP contribution in [0.4, 0.5) is 0 Å². The van der Waals surface area contributed by atoms with Gasteiger partial charge in [0, 0.05) is 12.4 Å². The molecule has 4 nitrogen and oxygen atoms in total. The molecule has 1 heterocycles. The summed E-state index contributed by atoms with van der Waals surface area (Å²) in [7, 11) is 0. The zero-order valence-corrected chi connectivity index (χ0v) is 11.5. The lowest BCUT2D eigenvalue weighted by atomic mass is 10.1. The van der Waals surface area contributed by atoms with Crippen molar-refractivity contribution in [2.75, 3.05) is 0 Å². The lowest BCUT2D eigenvalue weighted by Crippen LogP contribution is -2.42. The van der Waals surface area contributed by atoms with Gasteiger partial charge in [-0.25, -0.2) is 0 Å². The number of rotatable bonds is 5. The van der Waals surface area contributed by atoms with E-state index in [1.54, 1.807) is 12.4 Å². The van der Waals surface area contributed by atoms with Gasteiger partial charge in [0.25, 0.3) is 0 Å². The number of carbonyl (C=O) groups is 1. The normalized spacial score (nSPS) is 13.5. The Morgan fingerprint density at radius 1 is 1.20 bits per heavy atom. The van der Waals surface area contributed by atoms with Crippen molar-refractivity contribution in [2.45, 2.75) is 25.4 Å². The van der Waals surface area contributed by atoms with Crippen LogP contribution in [-0.2, 0) is 11.2 Å². The summed E-state index contributed by atoms with van der Waals surface area (Å²) in [6, 6.07) is 13.0. The maximum Gasteiger partial charge on any atom is 0.237 e. The summed E-state index contributed by atoms with van der Waals surface area (Å²) in [5.74, 6) is -0.141. The van der Waals surface area contributed by atoms with Crippen LogP contribution in [0.15, 0.2) is 54.9 Å². The van der Waals surface area contributed by atoms with Crippen molar-refractivity contribution in [3.63, 3.8) is 0 Å². The summed E-state index contributed by atoms with van der Waals surface area (Å²) >= 11 is 0. The molecule has 0 aliphatic heterocycles. The summed E-state index contributed by atoms with van der Waals surface area (Å²) < 4.78 is 0. The third-order valence-corrected chi connectivity index (χ3v) is 3.20. The van der Waals surface area contributed by atoms with Crippen LogP contribution in [0.25, 0.3) is 0 Å². The molecule has 0 unspecified atom stereocenters. The molecule has 1 amide bonds. The molecule has 1 aromatic carbocycles. The minimum Gasteiger partial charge on any atom is -0.348 e. The van der Waals surface area contributed by atoms with Crippen molar-refractivity contribution in [3.8, 4) is 0 Å². The highest BCUT2D eigenvalue weighted by Crippen LogP contribution is 2.11. The number of carbonyl (C=O) groups excluding carboxylic acids is 1. The molecule has 4 heteroatoms. The second-order valence-electron chi connectivity index (χ2n) is 4.81. The fourth-order valence-electron chi connectivity index (χ4n) is 2.01. The van der Waals surface area contributed by atoms with Gasteiger partial charge in [0.1, 0.15) is 0 Å². The quantitative estimate of drug-likeness (QED) is 0.870. The number of nitrogens with one attached hydrogen (secondary N) is 1. The molecular weight excluding hydrogens is 250 g/mol. The summed E-state index contributed by atoms with van der Waals surface area (Å²) in [6.07, 6.45) is 3.91. The van der Waals surface area contributed by atoms with Gasteiger partial charge >= 0.3 is 0 Å². The van der Waals surface area contributed by atoms with Crippen LogP contribution < -0.4 is 11.1 Å². The molecule has 0 aliphatic rings. The van der Waals surface area contributed by atoms with Gasteiger partial charge in [0.15, 0.2) is 0 Å². The fourth-order valence-corrected chi connectivity index (χ4v) is 2.01. The number of nitrogens with zero attached hydrogens (tertiary/aromatic N) is 1. The second-order valence-corrected chi connectivity index (χ2v) is 4.81. The molecule has 2 aromatic rings. The van der Waals surface area contributed by atoms with E-state index < -0.39 is 6.04 Å². The summed E-state index contributed by atoms with van der Waals surface area (Å²) in [5.41, 5.74) is 8.02. The van der Waals surface area contributed by atoms with E-state index in [1.165, 1.54) is 0 Å². The minimum absolute atomic E-state index is 0.0489. The smallest absolute Gasteiger partial charge is 0.237 e. The molecule has 0 fully saturated rings. The molecule has 0 saturated heterocycles. The van der Waals surface area contributed by atoms with Gasteiger partial charge in [0.2, 0.25) is 5.91 Å². The Labute approximate surface area is 119 Å². The van der Waals surface area contributed by atoms with Gasteiger partial charge in [-0.15, -0.1) is 0 Å². The van der Waals surface area contributed by atoms with Gasteiger partial charge in [-0.3, -0.25) is 9.78 Å². The maximum absolute atomic E-state index is 12.1. The number of pyridine rings is 1. The third kappa shape index (κ3) is 3.90. The monoisotopic (exact) mass is 269 g/mol. The molecule has 2 atom stereocenters. The van der Waals surface area contributed by atoms with Crippen LogP contribution in [0.1, 0.15) is 24.1 Å². The van der Waals surface area contributed by atoms with Gasteiger partial charge in [-0.2, -0.15) is 0 Å². The summed E-state index contributed by atoms with van der Waals surface area (Å²) in [4.78, 5) is 16.0. The molecule has 20 heavy (non-hydrogen) atoms. The first kappa shape index (κ1) is 14.2. The van der Waals surface area contributed by atoms with Gasteiger partial charge in [-0.05, 0) is 36.6 Å². The van der Waals surface area contributed by atoms with Crippen LogP contribution in [0.2, 0.25) is 0 Å². The van der Waals surface area contributed by atoms with Crippen molar-refractivity contribution in [3.05, 3.63) is 66.0 Å².